The Kier molecular flexibility index (Phi) is 7.17. The van der Waals surface area contributed by atoms with Crippen molar-refractivity contribution in [2.75, 3.05) is 31.1 Å². The summed E-state index contributed by atoms with van der Waals surface area (Å²) in [5.41, 5.74) is 1.79. The molecule has 6 rings (SSSR count). The topological polar surface area (TPSA) is 112 Å². The third-order valence-corrected chi connectivity index (χ3v) is 7.71. The second kappa shape index (κ2) is 11.1. The fourth-order valence-corrected chi connectivity index (χ4v) is 5.13. The van der Waals surface area contributed by atoms with Crippen molar-refractivity contribution in [2.45, 2.75) is 38.4 Å². The number of nitrogens with zero attached hydrogens (tertiary/aromatic N) is 4. The van der Waals surface area contributed by atoms with E-state index in [1.54, 1.807) is 35.4 Å². The number of halogens is 1. The van der Waals surface area contributed by atoms with Gasteiger partial charge in [-0.3, -0.25) is 9.59 Å². The quantitative estimate of drug-likeness (QED) is 0.367. The maximum Gasteiger partial charge on any atom is 0.272 e. The molecule has 1 aliphatic heterocycles. The summed E-state index contributed by atoms with van der Waals surface area (Å²) >= 11 is 0. The molecular formula is C30H30FN5O4. The van der Waals surface area contributed by atoms with Crippen LogP contribution >= 0.6 is 0 Å². The van der Waals surface area contributed by atoms with E-state index >= 15 is 0 Å². The lowest BCUT2D eigenvalue weighted by atomic mass is 9.96. The number of hydrogen-bond acceptors (Lipinski definition) is 7. The number of aliphatic hydroxyl groups excluding tert-OH is 1. The maximum absolute atomic E-state index is 14.9. The summed E-state index contributed by atoms with van der Waals surface area (Å²) in [4.78, 5) is 33.8. The molecule has 2 N–H and O–H groups in total. The Bertz CT molecular complexity index is 1590. The number of piperazine rings is 1. The van der Waals surface area contributed by atoms with Gasteiger partial charge in [-0.2, -0.15) is 5.10 Å². The number of rotatable bonds is 7. The van der Waals surface area contributed by atoms with Crippen LogP contribution in [-0.4, -0.2) is 63.4 Å². The number of aromatic nitrogens is 3. The fourth-order valence-electron chi connectivity index (χ4n) is 5.13. The average molecular weight is 544 g/mol. The maximum atomic E-state index is 14.9. The van der Waals surface area contributed by atoms with Gasteiger partial charge < -0.3 is 19.6 Å². The van der Waals surface area contributed by atoms with Gasteiger partial charge in [0.05, 0.1) is 29.4 Å². The lowest BCUT2D eigenvalue weighted by Crippen LogP contribution is -2.49. The number of amides is 1. The molecule has 9 nitrogen and oxygen atoms in total. The largest absolute Gasteiger partial charge is 0.490 e. The molecule has 206 valence electrons. The van der Waals surface area contributed by atoms with Crippen molar-refractivity contribution < 1.29 is 19.0 Å². The first-order valence-corrected chi connectivity index (χ1v) is 13.5. The molecule has 1 aliphatic carbocycles. The highest BCUT2D eigenvalue weighted by Gasteiger charge is 2.25. The van der Waals surface area contributed by atoms with Crippen molar-refractivity contribution in [1.82, 2.24) is 20.1 Å². The molecule has 10 heteroatoms. The Labute approximate surface area is 230 Å². The molecule has 0 bridgehead atoms. The van der Waals surface area contributed by atoms with Gasteiger partial charge >= 0.3 is 0 Å². The van der Waals surface area contributed by atoms with Crippen molar-refractivity contribution >= 4 is 22.5 Å². The summed E-state index contributed by atoms with van der Waals surface area (Å²) in [6, 6.07) is 13.6. The Hall–Kier alpha value is -4.31. The average Bonchev–Trinajstić information content (AvgIpc) is 2.97. The van der Waals surface area contributed by atoms with E-state index < -0.39 is 5.82 Å². The highest BCUT2D eigenvalue weighted by Crippen LogP contribution is 2.28. The number of ether oxygens (including phenoxy) is 1. The van der Waals surface area contributed by atoms with Crippen LogP contribution in [0.2, 0.25) is 0 Å². The van der Waals surface area contributed by atoms with E-state index in [1.807, 2.05) is 18.2 Å². The molecule has 2 aromatic heterocycles. The number of benzene rings is 2. The van der Waals surface area contributed by atoms with Crippen molar-refractivity contribution in [3.8, 4) is 5.75 Å². The number of hydrogen-bond donors (Lipinski definition) is 2. The van der Waals surface area contributed by atoms with Crippen LogP contribution in [-0.2, 0) is 13.0 Å². The third kappa shape index (κ3) is 5.27. The van der Waals surface area contributed by atoms with Crippen LogP contribution in [0.3, 0.4) is 0 Å². The van der Waals surface area contributed by atoms with Crippen molar-refractivity contribution in [1.29, 1.82) is 0 Å². The standard InChI is InChI=1S/C30H30FN5O4/c31-26-8-4-19(15-27-24-16-22(40-21-2-1-3-21)6-7-23(24)29(38)34-33-27)14-25(26)30(39)36-12-10-35(11-13-36)28-9-5-20(18-37)17-32-28/h4-9,14,16-17,21,37H,1-3,10-13,15,18H2,(H,34,38). The van der Waals surface area contributed by atoms with E-state index in [0.29, 0.717) is 60.4 Å². The van der Waals surface area contributed by atoms with E-state index in [0.717, 1.165) is 30.6 Å². The van der Waals surface area contributed by atoms with Crippen LogP contribution in [0.4, 0.5) is 10.2 Å². The summed E-state index contributed by atoms with van der Waals surface area (Å²) in [5, 5.41) is 17.2. The summed E-state index contributed by atoms with van der Waals surface area (Å²) in [7, 11) is 0. The minimum absolute atomic E-state index is 0.0131. The van der Waals surface area contributed by atoms with Gasteiger partial charge in [-0.25, -0.2) is 14.5 Å². The zero-order chi connectivity index (χ0) is 27.6. The minimum atomic E-state index is -0.576. The number of aromatic amines is 1. The number of aliphatic hydroxyl groups is 1. The second-order valence-corrected chi connectivity index (χ2v) is 10.3. The number of carbonyl (C=O) groups is 1. The summed E-state index contributed by atoms with van der Waals surface area (Å²) in [5.74, 6) is 0.532. The zero-order valence-corrected chi connectivity index (χ0v) is 22.0. The molecule has 0 spiro atoms. The van der Waals surface area contributed by atoms with Crippen molar-refractivity contribution in [3.05, 3.63) is 93.3 Å². The molecule has 0 atom stereocenters. The van der Waals surface area contributed by atoms with Gasteiger partial charge in [0.25, 0.3) is 11.5 Å². The molecule has 2 aromatic carbocycles. The van der Waals surface area contributed by atoms with Crippen LogP contribution in [0.1, 0.15) is 46.4 Å². The minimum Gasteiger partial charge on any atom is -0.490 e. The molecule has 0 unspecified atom stereocenters. The van der Waals surface area contributed by atoms with Crippen molar-refractivity contribution in [3.63, 3.8) is 0 Å². The molecule has 2 aliphatic rings. The van der Waals surface area contributed by atoms with Crippen LogP contribution in [0, 0.1) is 5.82 Å². The normalized spacial score (nSPS) is 15.8. The molecular weight excluding hydrogens is 513 g/mol. The first kappa shape index (κ1) is 25.9. The molecule has 40 heavy (non-hydrogen) atoms. The van der Waals surface area contributed by atoms with E-state index in [4.69, 9.17) is 4.74 Å². The van der Waals surface area contributed by atoms with Gasteiger partial charge in [-0.15, -0.1) is 0 Å². The number of carbonyl (C=O) groups excluding carboxylic acids is 1. The van der Waals surface area contributed by atoms with E-state index in [1.165, 1.54) is 6.07 Å². The second-order valence-electron chi connectivity index (χ2n) is 10.3. The summed E-state index contributed by atoms with van der Waals surface area (Å²) < 4.78 is 20.9. The SMILES string of the molecule is O=C(c1cc(Cc2n[nH]c(=O)c3ccc(OC4CCC4)cc23)ccc1F)N1CCN(c2ccc(CO)cn2)CC1. The Morgan fingerprint density at radius 3 is 2.52 bits per heavy atom. The number of nitrogens with one attached hydrogen (secondary N) is 1. The van der Waals surface area contributed by atoms with Gasteiger partial charge in [0, 0.05) is 44.2 Å². The van der Waals surface area contributed by atoms with Gasteiger partial charge in [-0.05, 0) is 66.8 Å². The molecule has 1 saturated heterocycles. The van der Waals surface area contributed by atoms with E-state index in [9.17, 15) is 19.1 Å². The first-order chi connectivity index (χ1) is 19.5. The van der Waals surface area contributed by atoms with Gasteiger partial charge in [-0.1, -0.05) is 12.1 Å². The molecule has 2 fully saturated rings. The van der Waals surface area contributed by atoms with E-state index in [-0.39, 0.29) is 29.7 Å². The highest BCUT2D eigenvalue weighted by molar-refractivity contribution is 5.95. The number of H-pyrrole nitrogens is 1. The van der Waals surface area contributed by atoms with Crippen LogP contribution in [0.25, 0.3) is 10.8 Å². The molecule has 0 radical (unpaired) electrons. The van der Waals surface area contributed by atoms with Crippen molar-refractivity contribution in [2.24, 2.45) is 0 Å². The van der Waals surface area contributed by atoms with Gasteiger partial charge in [0.1, 0.15) is 17.4 Å². The lowest BCUT2D eigenvalue weighted by molar-refractivity contribution is 0.0741. The zero-order valence-electron chi connectivity index (χ0n) is 22.0. The number of anilines is 1. The van der Waals surface area contributed by atoms with Gasteiger partial charge in [0.15, 0.2) is 0 Å². The summed E-state index contributed by atoms with van der Waals surface area (Å²) in [6.07, 6.45) is 5.35. The Morgan fingerprint density at radius 2 is 1.82 bits per heavy atom. The molecule has 1 amide bonds. The lowest BCUT2D eigenvalue weighted by Gasteiger charge is -2.35. The first-order valence-electron chi connectivity index (χ1n) is 13.5. The highest BCUT2D eigenvalue weighted by atomic mass is 19.1. The molecule has 1 saturated carbocycles. The number of fused-ring (bicyclic) bond motifs is 1. The fraction of sp³-hybridized carbons (Fsp3) is 0.333. The third-order valence-electron chi connectivity index (χ3n) is 7.71. The molecule has 3 heterocycles. The predicted molar refractivity (Wildman–Crippen MR) is 148 cm³/mol. The predicted octanol–water partition coefficient (Wildman–Crippen LogP) is 3.43. The monoisotopic (exact) mass is 543 g/mol. The van der Waals surface area contributed by atoms with Crippen LogP contribution in [0.15, 0.2) is 59.5 Å². The number of pyridine rings is 1. The van der Waals surface area contributed by atoms with Crippen LogP contribution in [0.5, 0.6) is 5.75 Å². The summed E-state index contributed by atoms with van der Waals surface area (Å²) in [6.45, 7) is 1.93. The smallest absolute Gasteiger partial charge is 0.272 e. The molecule has 4 aromatic rings. The Morgan fingerprint density at radius 1 is 1.02 bits per heavy atom. The van der Waals surface area contributed by atoms with Crippen LogP contribution < -0.4 is 15.2 Å². The van der Waals surface area contributed by atoms with Gasteiger partial charge in [0.2, 0.25) is 0 Å². The van der Waals surface area contributed by atoms with E-state index in [2.05, 4.69) is 20.1 Å². The Balaban J connectivity index is 1.19.